The van der Waals surface area contributed by atoms with E-state index in [4.69, 9.17) is 9.47 Å². The van der Waals surface area contributed by atoms with E-state index in [9.17, 15) is 37.8 Å². The number of hydrogen-bond donors (Lipinski definition) is 3. The minimum atomic E-state index is -5.04. The van der Waals surface area contributed by atoms with Crippen molar-refractivity contribution in [3.05, 3.63) is 101 Å². The Hall–Kier alpha value is -3.91. The predicted octanol–water partition coefficient (Wildman–Crippen LogP) is 5.63. The number of thioether (sulfide) groups is 1. The third-order valence-corrected chi connectivity index (χ3v) is 9.58. The highest BCUT2D eigenvalue weighted by Crippen LogP contribution is 2.43. The monoisotopic (exact) mass is 672 g/mol. The molecule has 9 nitrogen and oxygen atoms in total. The number of amides is 2. The fourth-order valence-corrected chi connectivity index (χ4v) is 7.01. The van der Waals surface area contributed by atoms with E-state index in [1.54, 1.807) is 48.5 Å². The number of aliphatic hydroxyl groups excluding tert-OH is 1. The number of alkyl halides is 3. The lowest BCUT2D eigenvalue weighted by Crippen LogP contribution is -2.50. The van der Waals surface area contributed by atoms with E-state index in [1.165, 1.54) is 11.8 Å². The quantitative estimate of drug-likeness (QED) is 0.237. The van der Waals surface area contributed by atoms with Crippen molar-refractivity contribution in [2.45, 2.75) is 68.5 Å². The zero-order valence-electron chi connectivity index (χ0n) is 25.5. The number of nitrogens with one attached hydrogen (secondary N) is 1. The van der Waals surface area contributed by atoms with Crippen molar-refractivity contribution in [1.29, 1.82) is 0 Å². The van der Waals surface area contributed by atoms with Crippen molar-refractivity contribution in [1.82, 2.24) is 10.2 Å². The summed E-state index contributed by atoms with van der Waals surface area (Å²) in [5.41, 5.74) is 3.25. The molecule has 0 radical (unpaired) electrons. The second-order valence-corrected chi connectivity index (χ2v) is 12.6. The van der Waals surface area contributed by atoms with Crippen molar-refractivity contribution in [3.8, 4) is 0 Å². The van der Waals surface area contributed by atoms with Crippen LogP contribution in [-0.4, -0.2) is 63.5 Å². The van der Waals surface area contributed by atoms with E-state index in [2.05, 4.69) is 5.32 Å². The molecule has 2 aliphatic rings. The number of halogens is 3. The molecule has 250 valence electrons. The van der Waals surface area contributed by atoms with Crippen LogP contribution >= 0.6 is 11.8 Å². The molecule has 2 aliphatic heterocycles. The number of carboxylic acid groups (broad SMARTS) is 1. The standard InChI is InChI=1S/C34H35F3N2O7S/c1-20-27(19-47-28-7-3-2-5-25(28)31(42)43)45-32(46-29(20)23-12-10-22(18-40)11-13-23)24-14-8-21(9-15-24)17-38-30(41)26-6-4-16-39(26)33(44)34(35,36)37/h2-3,5,7-15,20,26-27,29,32,40H,4,6,16-19H2,1H3,(H,38,41)(H,42,43). The van der Waals surface area contributed by atoms with Gasteiger partial charge in [-0.2, -0.15) is 13.2 Å². The molecule has 5 unspecified atom stereocenters. The third kappa shape index (κ3) is 8.15. The minimum Gasteiger partial charge on any atom is -0.478 e. The molecule has 3 aromatic carbocycles. The Morgan fingerprint density at radius 2 is 1.62 bits per heavy atom. The van der Waals surface area contributed by atoms with Crippen LogP contribution in [0.25, 0.3) is 0 Å². The molecule has 3 aromatic rings. The van der Waals surface area contributed by atoms with Crippen LogP contribution in [-0.2, 0) is 32.2 Å². The Bertz CT molecular complexity index is 1570. The number of carboxylic acids is 1. The van der Waals surface area contributed by atoms with Gasteiger partial charge >= 0.3 is 18.1 Å². The predicted molar refractivity (Wildman–Crippen MR) is 166 cm³/mol. The highest BCUT2D eigenvalue weighted by Gasteiger charge is 2.47. The lowest BCUT2D eigenvalue weighted by atomic mass is 9.91. The molecule has 2 saturated heterocycles. The normalized spacial score (nSPS) is 23.0. The Labute approximate surface area is 274 Å². The van der Waals surface area contributed by atoms with E-state index < -0.39 is 36.3 Å². The number of aliphatic hydroxyl groups is 1. The van der Waals surface area contributed by atoms with Crippen LogP contribution in [0, 0.1) is 5.92 Å². The Morgan fingerprint density at radius 3 is 2.28 bits per heavy atom. The molecule has 0 aliphatic carbocycles. The number of aromatic carboxylic acids is 1. The van der Waals surface area contributed by atoms with Gasteiger partial charge in [0.15, 0.2) is 6.29 Å². The van der Waals surface area contributed by atoms with Crippen LogP contribution in [0.4, 0.5) is 13.2 Å². The van der Waals surface area contributed by atoms with Gasteiger partial charge in [0.25, 0.3) is 0 Å². The maximum absolute atomic E-state index is 13.0. The third-order valence-electron chi connectivity index (χ3n) is 8.42. The van der Waals surface area contributed by atoms with Crippen LogP contribution in [0.2, 0.25) is 0 Å². The first-order valence-electron chi connectivity index (χ1n) is 15.2. The molecule has 0 aromatic heterocycles. The van der Waals surface area contributed by atoms with Gasteiger partial charge in [0.2, 0.25) is 5.91 Å². The first-order chi connectivity index (χ1) is 22.5. The van der Waals surface area contributed by atoms with Crippen molar-refractivity contribution in [3.63, 3.8) is 0 Å². The Morgan fingerprint density at radius 1 is 0.957 bits per heavy atom. The summed E-state index contributed by atoms with van der Waals surface area (Å²) in [5, 5.41) is 21.8. The molecule has 0 saturated carbocycles. The molecule has 3 N–H and O–H groups in total. The molecule has 0 spiro atoms. The summed E-state index contributed by atoms with van der Waals surface area (Å²) in [7, 11) is 0. The average molecular weight is 673 g/mol. The van der Waals surface area contributed by atoms with Gasteiger partial charge in [-0.05, 0) is 41.7 Å². The molecule has 5 atom stereocenters. The van der Waals surface area contributed by atoms with Gasteiger partial charge in [0.1, 0.15) is 6.04 Å². The number of ether oxygens (including phenoxy) is 2. The molecular weight excluding hydrogens is 637 g/mol. The Kier molecular flexibility index (Phi) is 10.9. The zero-order valence-corrected chi connectivity index (χ0v) is 26.3. The summed E-state index contributed by atoms with van der Waals surface area (Å²) in [6.45, 7) is 1.85. The fourth-order valence-electron chi connectivity index (χ4n) is 5.80. The van der Waals surface area contributed by atoms with E-state index in [1.807, 2.05) is 31.2 Å². The van der Waals surface area contributed by atoms with E-state index >= 15 is 0 Å². The number of carbonyl (C=O) groups is 3. The van der Waals surface area contributed by atoms with Gasteiger partial charge in [0, 0.05) is 35.2 Å². The van der Waals surface area contributed by atoms with Crippen molar-refractivity contribution in [2.24, 2.45) is 5.92 Å². The maximum Gasteiger partial charge on any atom is 0.471 e. The van der Waals surface area contributed by atoms with Gasteiger partial charge in [-0.15, -0.1) is 11.8 Å². The minimum absolute atomic E-state index is 0.0508. The van der Waals surface area contributed by atoms with Crippen LogP contribution in [0.5, 0.6) is 0 Å². The van der Waals surface area contributed by atoms with Gasteiger partial charge in [-0.1, -0.05) is 67.6 Å². The topological polar surface area (TPSA) is 125 Å². The molecule has 5 rings (SSSR count). The highest BCUT2D eigenvalue weighted by molar-refractivity contribution is 7.99. The van der Waals surface area contributed by atoms with E-state index in [0.29, 0.717) is 33.1 Å². The van der Waals surface area contributed by atoms with Gasteiger partial charge in [0.05, 0.1) is 24.4 Å². The summed E-state index contributed by atoms with van der Waals surface area (Å²) < 4.78 is 51.8. The summed E-state index contributed by atoms with van der Waals surface area (Å²) in [4.78, 5) is 37.4. The summed E-state index contributed by atoms with van der Waals surface area (Å²) >= 11 is 1.39. The number of carbonyl (C=O) groups excluding carboxylic acids is 2. The van der Waals surface area contributed by atoms with Gasteiger partial charge in [-0.25, -0.2) is 4.79 Å². The lowest BCUT2D eigenvalue weighted by Gasteiger charge is -2.41. The SMILES string of the molecule is CC1C(CSc2ccccc2C(=O)O)OC(c2ccc(CNC(=O)C3CCCN3C(=O)C(F)(F)F)cc2)OC1c1ccc(CO)cc1. The van der Waals surface area contributed by atoms with Crippen molar-refractivity contribution in [2.75, 3.05) is 12.3 Å². The average Bonchev–Trinajstić information content (AvgIpc) is 3.56. The molecule has 0 bridgehead atoms. The lowest BCUT2D eigenvalue weighted by molar-refractivity contribution is -0.268. The smallest absolute Gasteiger partial charge is 0.471 e. The molecule has 2 amide bonds. The maximum atomic E-state index is 13.0. The second-order valence-electron chi connectivity index (χ2n) is 11.5. The zero-order chi connectivity index (χ0) is 33.7. The van der Waals surface area contributed by atoms with Crippen LogP contribution in [0.3, 0.4) is 0 Å². The van der Waals surface area contributed by atoms with E-state index in [0.717, 1.165) is 11.1 Å². The first-order valence-corrected chi connectivity index (χ1v) is 16.1. The second kappa shape index (κ2) is 14.9. The van der Waals surface area contributed by atoms with Crippen LogP contribution in [0.1, 0.15) is 64.8 Å². The number of hydrogen-bond acceptors (Lipinski definition) is 7. The van der Waals surface area contributed by atoms with Gasteiger partial charge < -0.3 is 29.9 Å². The molecule has 47 heavy (non-hydrogen) atoms. The molecule has 13 heteroatoms. The van der Waals surface area contributed by atoms with Crippen LogP contribution < -0.4 is 5.32 Å². The first kappa shape index (κ1) is 34.4. The van der Waals surface area contributed by atoms with Gasteiger partial charge in [-0.3, -0.25) is 9.59 Å². The molecule has 2 fully saturated rings. The molecule has 2 heterocycles. The number of rotatable bonds is 10. The van der Waals surface area contributed by atoms with Crippen molar-refractivity contribution < 1.29 is 47.2 Å². The van der Waals surface area contributed by atoms with Crippen molar-refractivity contribution >= 4 is 29.5 Å². The van der Waals surface area contributed by atoms with Crippen LogP contribution in [0.15, 0.2) is 77.7 Å². The summed E-state index contributed by atoms with van der Waals surface area (Å²) in [6, 6.07) is 20.2. The fraction of sp³-hybridized carbons (Fsp3) is 0.382. The number of benzene rings is 3. The number of nitrogens with zero attached hydrogens (tertiary/aromatic N) is 1. The Balaban J connectivity index is 1.29. The molecular formula is C34H35F3N2O7S. The highest BCUT2D eigenvalue weighted by atomic mass is 32.2. The largest absolute Gasteiger partial charge is 0.478 e. The summed E-state index contributed by atoms with van der Waals surface area (Å²) in [5.74, 6) is -3.33. The number of likely N-dealkylation sites (tertiary alicyclic amines) is 1. The van der Waals surface area contributed by atoms with E-state index in [-0.39, 0.29) is 49.8 Å². The summed E-state index contributed by atoms with van der Waals surface area (Å²) in [6.07, 6.45) is -6.06.